The third kappa shape index (κ3) is 39.8. The van der Waals surface area contributed by atoms with Crippen molar-refractivity contribution >= 4 is 5.91 Å². The molecule has 0 aromatic carbocycles. The quantitative estimate of drug-likeness (QED) is 0.0215. The highest BCUT2D eigenvalue weighted by atomic mass is 16.7. The molecule has 0 aromatic heterocycles. The molecule has 0 aliphatic carbocycles. The van der Waals surface area contributed by atoms with Crippen LogP contribution in [0.15, 0.2) is 12.2 Å². The van der Waals surface area contributed by atoms with E-state index in [1.54, 1.807) is 0 Å². The third-order valence-corrected chi connectivity index (χ3v) is 15.6. The zero-order valence-corrected chi connectivity index (χ0v) is 47.6. The molecule has 0 aromatic rings. The molecule has 8 N–H and O–H groups in total. The molecule has 73 heavy (non-hydrogen) atoms. The van der Waals surface area contributed by atoms with Gasteiger partial charge in [0.05, 0.1) is 25.4 Å². The molecule has 9 unspecified atom stereocenters. The number of unbranched alkanes of at least 4 members (excludes halogenated alkanes) is 41. The number of allylic oxidation sites excluding steroid dienone is 2. The Hall–Kier alpha value is -1.15. The zero-order valence-electron chi connectivity index (χ0n) is 47.6. The van der Waals surface area contributed by atoms with E-state index in [-0.39, 0.29) is 12.8 Å². The lowest BCUT2D eigenvalue weighted by atomic mass is 9.98. The van der Waals surface area contributed by atoms with Crippen LogP contribution in [-0.2, 0) is 14.3 Å². The van der Waals surface area contributed by atoms with Crippen molar-refractivity contribution in [1.29, 1.82) is 0 Å². The van der Waals surface area contributed by atoms with Gasteiger partial charge in [-0.2, -0.15) is 0 Å². The highest BCUT2D eigenvalue weighted by Gasteiger charge is 2.44. The van der Waals surface area contributed by atoms with Gasteiger partial charge in [0.2, 0.25) is 5.91 Å². The van der Waals surface area contributed by atoms with Crippen molar-refractivity contribution in [2.24, 2.45) is 0 Å². The second kappa shape index (κ2) is 51.6. The summed E-state index contributed by atoms with van der Waals surface area (Å²) >= 11 is 0. The predicted molar refractivity (Wildman–Crippen MR) is 303 cm³/mol. The predicted octanol–water partition coefficient (Wildman–Crippen LogP) is 13.9. The van der Waals surface area contributed by atoms with Crippen molar-refractivity contribution in [2.75, 3.05) is 13.2 Å². The van der Waals surface area contributed by atoms with Crippen LogP contribution < -0.4 is 5.32 Å². The first-order chi connectivity index (χ1) is 35.7. The summed E-state index contributed by atoms with van der Waals surface area (Å²) < 4.78 is 11.2. The van der Waals surface area contributed by atoms with E-state index >= 15 is 0 Å². The van der Waals surface area contributed by atoms with Crippen LogP contribution in [0.25, 0.3) is 0 Å². The fourth-order valence-electron chi connectivity index (χ4n) is 10.4. The lowest BCUT2D eigenvalue weighted by Gasteiger charge is -2.40. The summed E-state index contributed by atoms with van der Waals surface area (Å²) in [4.78, 5) is 13.2. The monoisotopic (exact) mass is 1040 g/mol. The second-order valence-corrected chi connectivity index (χ2v) is 22.5. The van der Waals surface area contributed by atoms with E-state index < -0.39 is 74.2 Å². The topological polar surface area (TPSA) is 189 Å². The number of carbonyl (C=O) groups excluding carboxylic acids is 1. The minimum absolute atomic E-state index is 0.259. The van der Waals surface area contributed by atoms with Crippen molar-refractivity contribution < 1.29 is 50.0 Å². The Morgan fingerprint density at radius 2 is 0.808 bits per heavy atom. The van der Waals surface area contributed by atoms with Gasteiger partial charge in [0, 0.05) is 0 Å². The molecule has 1 fully saturated rings. The standard InChI is InChI=1S/C62H121NO10/c1-3-5-7-9-11-13-15-17-19-21-23-24-25-26-27-28-29-30-32-33-35-37-39-41-43-45-47-49-54(65)57(67)53(52-72-62-60(70)59(69)58(68)56(51-64)73-62)63-61(71)55(66)50-48-46-44-42-40-38-36-34-31-22-20-18-16-14-12-10-8-6-4-2/h41,43,53-60,62,64-70H,3-40,42,44-52H2,1-2H3,(H,63,71)/b43-41+. The summed E-state index contributed by atoms with van der Waals surface area (Å²) in [6, 6.07) is -1.18. The molecule has 1 saturated heterocycles. The highest BCUT2D eigenvalue weighted by molar-refractivity contribution is 5.80. The third-order valence-electron chi connectivity index (χ3n) is 15.6. The summed E-state index contributed by atoms with van der Waals surface area (Å²) in [5.41, 5.74) is 0. The Kier molecular flexibility index (Phi) is 49.4. The number of carbonyl (C=O) groups is 1. The van der Waals surface area contributed by atoms with Gasteiger partial charge in [-0.1, -0.05) is 283 Å². The van der Waals surface area contributed by atoms with Gasteiger partial charge in [0.1, 0.15) is 36.6 Å². The van der Waals surface area contributed by atoms with Gasteiger partial charge in [-0.05, 0) is 38.5 Å². The van der Waals surface area contributed by atoms with Crippen molar-refractivity contribution in [3.8, 4) is 0 Å². The highest BCUT2D eigenvalue weighted by Crippen LogP contribution is 2.24. The molecule has 1 heterocycles. The van der Waals surface area contributed by atoms with E-state index in [1.807, 2.05) is 0 Å². The van der Waals surface area contributed by atoms with Crippen LogP contribution in [0.1, 0.15) is 309 Å². The number of hydrogen-bond acceptors (Lipinski definition) is 10. The number of nitrogens with one attached hydrogen (secondary N) is 1. The van der Waals surface area contributed by atoms with Gasteiger partial charge < -0.3 is 50.5 Å². The lowest BCUT2D eigenvalue weighted by Crippen LogP contribution is -2.60. The number of amides is 1. The van der Waals surface area contributed by atoms with E-state index in [2.05, 4.69) is 31.3 Å². The number of aliphatic hydroxyl groups is 7. The van der Waals surface area contributed by atoms with Crippen molar-refractivity contribution in [3.05, 3.63) is 12.2 Å². The average molecular weight is 1040 g/mol. The first kappa shape index (κ1) is 69.9. The van der Waals surface area contributed by atoms with Crippen LogP contribution in [0.2, 0.25) is 0 Å². The van der Waals surface area contributed by atoms with Crippen LogP contribution in [0.4, 0.5) is 0 Å². The molecular formula is C62H121NO10. The number of rotatable bonds is 55. The maximum atomic E-state index is 13.2. The van der Waals surface area contributed by atoms with Gasteiger partial charge >= 0.3 is 0 Å². The molecule has 9 atom stereocenters. The van der Waals surface area contributed by atoms with Gasteiger partial charge in [0.15, 0.2) is 6.29 Å². The Balaban J connectivity index is 2.26. The van der Waals surface area contributed by atoms with Crippen molar-refractivity contribution in [2.45, 2.75) is 364 Å². The maximum Gasteiger partial charge on any atom is 0.249 e. The fourth-order valence-corrected chi connectivity index (χ4v) is 10.4. The minimum Gasteiger partial charge on any atom is -0.394 e. The first-order valence-electron chi connectivity index (χ1n) is 31.6. The zero-order chi connectivity index (χ0) is 53.3. The smallest absolute Gasteiger partial charge is 0.249 e. The molecule has 1 aliphatic rings. The molecule has 0 saturated carbocycles. The number of aliphatic hydroxyl groups excluding tert-OH is 7. The molecule has 1 rings (SSSR count). The van der Waals surface area contributed by atoms with E-state index in [4.69, 9.17) is 9.47 Å². The fraction of sp³-hybridized carbons (Fsp3) is 0.952. The van der Waals surface area contributed by atoms with E-state index in [0.29, 0.717) is 12.8 Å². The summed E-state index contributed by atoms with van der Waals surface area (Å²) in [6.45, 7) is 3.49. The largest absolute Gasteiger partial charge is 0.394 e. The first-order valence-corrected chi connectivity index (χ1v) is 31.6. The van der Waals surface area contributed by atoms with Gasteiger partial charge in [0.25, 0.3) is 0 Å². The molecule has 1 aliphatic heterocycles. The molecular weight excluding hydrogens is 919 g/mol. The van der Waals surface area contributed by atoms with E-state index in [0.717, 1.165) is 38.5 Å². The minimum atomic E-state index is -1.67. The molecule has 0 bridgehead atoms. The SMILES string of the molecule is CCCCCCCCCCCCCCCCCCCCCCCC/C=C/CCCC(O)C(O)C(COC1OC(CO)C(O)C(O)C1O)NC(=O)C(O)CCCCCCCCCCCCCCCCCCCCC. The van der Waals surface area contributed by atoms with Crippen LogP contribution >= 0.6 is 0 Å². The van der Waals surface area contributed by atoms with Crippen LogP contribution in [0.3, 0.4) is 0 Å². The van der Waals surface area contributed by atoms with Gasteiger partial charge in [-0.15, -0.1) is 0 Å². The van der Waals surface area contributed by atoms with Crippen molar-refractivity contribution in [3.63, 3.8) is 0 Å². The van der Waals surface area contributed by atoms with Crippen LogP contribution in [-0.4, -0.2) is 110 Å². The summed E-state index contributed by atoms with van der Waals surface area (Å²) in [5, 5.41) is 76.3. The maximum absolute atomic E-state index is 13.2. The molecule has 11 nitrogen and oxygen atoms in total. The molecule has 434 valence electrons. The molecule has 11 heteroatoms. The Morgan fingerprint density at radius 1 is 0.466 bits per heavy atom. The van der Waals surface area contributed by atoms with Crippen LogP contribution in [0, 0.1) is 0 Å². The second-order valence-electron chi connectivity index (χ2n) is 22.5. The van der Waals surface area contributed by atoms with Gasteiger partial charge in [-0.3, -0.25) is 4.79 Å². The molecule has 0 radical (unpaired) electrons. The summed E-state index contributed by atoms with van der Waals surface area (Å²) in [6.07, 6.45) is 49.9. The summed E-state index contributed by atoms with van der Waals surface area (Å²) in [7, 11) is 0. The summed E-state index contributed by atoms with van der Waals surface area (Å²) in [5.74, 6) is -0.700. The lowest BCUT2D eigenvalue weighted by molar-refractivity contribution is -0.303. The van der Waals surface area contributed by atoms with Gasteiger partial charge in [-0.25, -0.2) is 0 Å². The number of ether oxygens (including phenoxy) is 2. The van der Waals surface area contributed by atoms with Crippen LogP contribution in [0.5, 0.6) is 0 Å². The van der Waals surface area contributed by atoms with Crippen molar-refractivity contribution in [1.82, 2.24) is 5.32 Å². The Bertz CT molecular complexity index is 1190. The van der Waals surface area contributed by atoms with E-state index in [1.165, 1.54) is 231 Å². The average Bonchev–Trinajstić information content (AvgIpc) is 3.39. The Morgan fingerprint density at radius 3 is 1.18 bits per heavy atom. The molecule has 1 amide bonds. The normalized spacial score (nSPS) is 19.9. The molecule has 0 spiro atoms. The Labute approximate surface area is 449 Å². The van der Waals surface area contributed by atoms with E-state index in [9.17, 15) is 40.5 Å². The number of hydrogen-bond donors (Lipinski definition) is 8.